The highest BCUT2D eigenvalue weighted by Gasteiger charge is 2.20. The summed E-state index contributed by atoms with van der Waals surface area (Å²) in [7, 11) is 0. The minimum absolute atomic E-state index is 0.125. The molecule has 3 heterocycles. The molecule has 3 aromatic rings. The van der Waals surface area contributed by atoms with Crippen molar-refractivity contribution in [2.24, 2.45) is 0 Å². The third-order valence-corrected chi connectivity index (χ3v) is 4.80. The highest BCUT2D eigenvalue weighted by atomic mass is 79.9. The van der Waals surface area contributed by atoms with Gasteiger partial charge in [0.1, 0.15) is 5.65 Å². The number of carboxylic acids is 1. The van der Waals surface area contributed by atoms with Crippen LogP contribution in [-0.4, -0.2) is 27.3 Å². The van der Waals surface area contributed by atoms with Crippen LogP contribution in [0.4, 0.5) is 0 Å². The fourth-order valence-electron chi connectivity index (χ4n) is 2.80. The van der Waals surface area contributed by atoms with E-state index >= 15 is 0 Å². The average molecular weight is 389 g/mol. The molecule has 0 fully saturated rings. The molecule has 0 saturated carbocycles. The Kier molecular flexibility index (Phi) is 3.45. The average Bonchev–Trinajstić information content (AvgIpc) is 3.12. The van der Waals surface area contributed by atoms with E-state index in [0.29, 0.717) is 28.5 Å². The van der Waals surface area contributed by atoms with Gasteiger partial charge in [0.15, 0.2) is 11.5 Å². The fraction of sp³-hybridized carbons (Fsp3) is 0.176. The second-order valence-electron chi connectivity index (χ2n) is 5.58. The second kappa shape index (κ2) is 5.52. The summed E-state index contributed by atoms with van der Waals surface area (Å²) < 4.78 is 13.4. The van der Waals surface area contributed by atoms with Crippen LogP contribution in [0.3, 0.4) is 0 Å². The first kappa shape index (κ1) is 15.0. The predicted molar refractivity (Wildman–Crippen MR) is 90.5 cm³/mol. The summed E-state index contributed by atoms with van der Waals surface area (Å²) >= 11 is 3.49. The lowest BCUT2D eigenvalue weighted by Crippen LogP contribution is -2.05. The van der Waals surface area contributed by atoms with Gasteiger partial charge in [0.05, 0.1) is 17.8 Å². The number of fused-ring (bicyclic) bond motifs is 2. The quantitative estimate of drug-likeness (QED) is 0.743. The fourth-order valence-corrected chi connectivity index (χ4v) is 3.12. The molecule has 0 bridgehead atoms. The standard InChI is InChI=1S/C17H13BrN2O4/c1-9-4-15-19-17(10-2-3-13-14(5-10)24-8-23-13)12(6-16(21)22)20(15)7-11(9)18/h2-5,7H,6,8H2,1H3,(H,21,22). The maximum atomic E-state index is 11.3. The minimum atomic E-state index is -0.907. The largest absolute Gasteiger partial charge is 0.481 e. The van der Waals surface area contributed by atoms with Gasteiger partial charge in [0.25, 0.3) is 0 Å². The number of carboxylic acid groups (broad SMARTS) is 1. The third kappa shape index (κ3) is 2.41. The Hall–Kier alpha value is -2.54. The van der Waals surface area contributed by atoms with Crippen LogP contribution >= 0.6 is 15.9 Å². The molecule has 7 heteroatoms. The Labute approximate surface area is 145 Å². The van der Waals surface area contributed by atoms with Crippen LogP contribution in [0.25, 0.3) is 16.9 Å². The third-order valence-electron chi connectivity index (χ3n) is 3.97. The van der Waals surface area contributed by atoms with Crippen molar-refractivity contribution in [2.75, 3.05) is 6.79 Å². The van der Waals surface area contributed by atoms with Crippen molar-refractivity contribution in [1.29, 1.82) is 0 Å². The Morgan fingerprint density at radius 1 is 1.33 bits per heavy atom. The summed E-state index contributed by atoms with van der Waals surface area (Å²) in [6.45, 7) is 2.16. The van der Waals surface area contributed by atoms with Crippen LogP contribution in [0, 0.1) is 6.92 Å². The van der Waals surface area contributed by atoms with E-state index in [9.17, 15) is 9.90 Å². The molecule has 1 aromatic carbocycles. The number of rotatable bonds is 3. The normalized spacial score (nSPS) is 12.8. The molecule has 6 nitrogen and oxygen atoms in total. The monoisotopic (exact) mass is 388 g/mol. The lowest BCUT2D eigenvalue weighted by atomic mass is 10.1. The first-order valence-electron chi connectivity index (χ1n) is 7.32. The number of aromatic nitrogens is 2. The van der Waals surface area contributed by atoms with E-state index in [2.05, 4.69) is 20.9 Å². The number of nitrogens with zero attached hydrogens (tertiary/aromatic N) is 2. The van der Waals surface area contributed by atoms with E-state index in [4.69, 9.17) is 9.47 Å². The van der Waals surface area contributed by atoms with Crippen molar-refractivity contribution in [1.82, 2.24) is 9.38 Å². The number of carbonyl (C=O) groups is 1. The first-order valence-corrected chi connectivity index (χ1v) is 8.11. The molecule has 0 saturated heterocycles. The number of benzene rings is 1. The highest BCUT2D eigenvalue weighted by Crippen LogP contribution is 2.37. The zero-order valence-electron chi connectivity index (χ0n) is 12.7. The summed E-state index contributed by atoms with van der Waals surface area (Å²) in [5.41, 5.74) is 3.80. The lowest BCUT2D eigenvalue weighted by molar-refractivity contribution is -0.136. The van der Waals surface area contributed by atoms with Gasteiger partial charge in [-0.1, -0.05) is 0 Å². The number of ether oxygens (including phenoxy) is 2. The van der Waals surface area contributed by atoms with Gasteiger partial charge in [-0.05, 0) is 52.7 Å². The van der Waals surface area contributed by atoms with E-state index in [0.717, 1.165) is 15.6 Å². The van der Waals surface area contributed by atoms with Crippen LogP contribution in [-0.2, 0) is 11.2 Å². The van der Waals surface area contributed by atoms with Gasteiger partial charge in [-0.3, -0.25) is 4.79 Å². The number of aliphatic carboxylic acids is 1. The van der Waals surface area contributed by atoms with E-state index in [1.807, 2.05) is 41.8 Å². The smallest absolute Gasteiger partial charge is 0.309 e. The van der Waals surface area contributed by atoms with Gasteiger partial charge >= 0.3 is 5.97 Å². The van der Waals surface area contributed by atoms with Crippen molar-refractivity contribution in [3.8, 4) is 22.8 Å². The summed E-state index contributed by atoms with van der Waals surface area (Å²) in [4.78, 5) is 16.0. The van der Waals surface area contributed by atoms with Crippen molar-refractivity contribution in [3.05, 3.63) is 46.2 Å². The molecular formula is C17H13BrN2O4. The number of halogens is 1. The molecule has 2 aromatic heterocycles. The summed E-state index contributed by atoms with van der Waals surface area (Å²) in [6, 6.07) is 7.43. The lowest BCUT2D eigenvalue weighted by Gasteiger charge is -2.05. The number of hydrogen-bond acceptors (Lipinski definition) is 4. The highest BCUT2D eigenvalue weighted by molar-refractivity contribution is 9.10. The maximum Gasteiger partial charge on any atom is 0.309 e. The maximum absolute atomic E-state index is 11.3. The molecular weight excluding hydrogens is 376 g/mol. The van der Waals surface area contributed by atoms with Crippen molar-refractivity contribution >= 4 is 27.5 Å². The van der Waals surface area contributed by atoms with Crippen molar-refractivity contribution in [3.63, 3.8) is 0 Å². The molecule has 0 amide bonds. The van der Waals surface area contributed by atoms with Crippen molar-refractivity contribution in [2.45, 2.75) is 13.3 Å². The van der Waals surface area contributed by atoms with Crippen LogP contribution in [0.2, 0.25) is 0 Å². The van der Waals surface area contributed by atoms with Gasteiger partial charge in [0, 0.05) is 16.2 Å². The Bertz CT molecular complexity index is 980. The molecule has 0 unspecified atom stereocenters. The summed E-state index contributed by atoms with van der Waals surface area (Å²) in [6.07, 6.45) is 1.73. The van der Waals surface area contributed by atoms with Gasteiger partial charge < -0.3 is 19.0 Å². The van der Waals surface area contributed by atoms with Crippen LogP contribution in [0.5, 0.6) is 11.5 Å². The molecule has 4 rings (SSSR count). The first-order chi connectivity index (χ1) is 11.5. The Morgan fingerprint density at radius 3 is 2.92 bits per heavy atom. The summed E-state index contributed by atoms with van der Waals surface area (Å²) in [5.74, 6) is 0.416. The van der Waals surface area contributed by atoms with Gasteiger partial charge in [-0.15, -0.1) is 0 Å². The van der Waals surface area contributed by atoms with Crippen LogP contribution < -0.4 is 9.47 Å². The minimum Gasteiger partial charge on any atom is -0.481 e. The Balaban J connectivity index is 1.95. The number of aryl methyl sites for hydroxylation is 1. The zero-order valence-corrected chi connectivity index (χ0v) is 14.3. The number of pyridine rings is 1. The van der Waals surface area contributed by atoms with Gasteiger partial charge in [-0.25, -0.2) is 4.98 Å². The number of hydrogen-bond donors (Lipinski definition) is 1. The van der Waals surface area contributed by atoms with Crippen LogP contribution in [0.15, 0.2) is 34.9 Å². The molecule has 0 radical (unpaired) electrons. The topological polar surface area (TPSA) is 73.1 Å². The molecule has 122 valence electrons. The molecule has 0 atom stereocenters. The van der Waals surface area contributed by atoms with E-state index in [1.54, 1.807) is 0 Å². The van der Waals surface area contributed by atoms with Crippen LogP contribution in [0.1, 0.15) is 11.3 Å². The van der Waals surface area contributed by atoms with Gasteiger partial charge in [0.2, 0.25) is 6.79 Å². The van der Waals surface area contributed by atoms with Gasteiger partial charge in [-0.2, -0.15) is 0 Å². The summed E-state index contributed by atoms with van der Waals surface area (Å²) in [5, 5.41) is 9.30. The SMILES string of the molecule is Cc1cc2nc(-c3ccc4c(c3)OCO4)c(CC(=O)O)n2cc1Br. The van der Waals surface area contributed by atoms with E-state index in [-0.39, 0.29) is 13.2 Å². The molecule has 1 aliphatic rings. The van der Waals surface area contributed by atoms with Crippen molar-refractivity contribution < 1.29 is 19.4 Å². The second-order valence-corrected chi connectivity index (χ2v) is 6.43. The molecule has 1 aliphatic heterocycles. The molecule has 0 spiro atoms. The number of imidazole rings is 1. The van der Waals surface area contributed by atoms with E-state index < -0.39 is 5.97 Å². The molecule has 0 aliphatic carbocycles. The predicted octanol–water partition coefficient (Wildman–Crippen LogP) is 3.43. The molecule has 1 N–H and O–H groups in total. The molecule has 24 heavy (non-hydrogen) atoms. The Morgan fingerprint density at radius 2 is 2.12 bits per heavy atom. The van der Waals surface area contributed by atoms with E-state index in [1.165, 1.54) is 0 Å². The zero-order chi connectivity index (χ0) is 16.8.